The van der Waals surface area contributed by atoms with Crippen LogP contribution in [0.2, 0.25) is 0 Å². The average Bonchev–Trinajstić information content (AvgIpc) is 4.04. The number of amides is 1. The Morgan fingerprint density at radius 1 is 0.787 bits per heavy atom. The minimum absolute atomic E-state index is 0. The molecule has 4 unspecified atom stereocenters. The van der Waals surface area contributed by atoms with Crippen LogP contribution in [-0.4, -0.2) is 101 Å². The summed E-state index contributed by atoms with van der Waals surface area (Å²) in [6.45, 7) is 31.3. The Labute approximate surface area is 465 Å². The summed E-state index contributed by atoms with van der Waals surface area (Å²) in [7, 11) is 1.35. The summed E-state index contributed by atoms with van der Waals surface area (Å²) in [4.78, 5) is 59.9. The molecule has 1 amide bonds. The molecule has 406 valence electrons. The maximum atomic E-state index is 14.7. The number of aromatic amines is 2. The normalized spacial score (nSPS) is 15.5. The van der Waals surface area contributed by atoms with Gasteiger partial charge in [-0.3, -0.25) is 19.4 Å². The number of nitrogens with one attached hydrogen (secondary N) is 3. The minimum Gasteiger partial charge on any atom is -0.469 e. The standard InChI is InChI=1S/C62H91N5O7.Mg/c1-15-46-42(10)50-35-52-44(12)48(28-29-56(68)74-33-31-41(9)27-21-26-40(8)25-20-24-39(7)23-19-22-38(5)6)60(66-52)49(34-57(69)71-14)61-59(62(70)63-32-30-58(72-17-3)73-18-4)45(13)53(67-61)37-55-47(16-2)43(11)51(65-55)36-54(46)64-50;/h15,31,35-40,44,48,58,64-65H,1,16-30,32-34H2,2-14H3,(H,63,70);/q;+2. The molecule has 12 nitrogen and oxygen atoms in total. The van der Waals surface area contributed by atoms with Gasteiger partial charge in [0.2, 0.25) is 0 Å². The monoisotopic (exact) mass is 1040 g/mol. The van der Waals surface area contributed by atoms with Crippen LogP contribution in [-0.2, 0) is 46.2 Å². The average molecular weight is 1040 g/mol. The molecule has 0 saturated carbocycles. The van der Waals surface area contributed by atoms with Crippen molar-refractivity contribution in [2.75, 3.05) is 33.5 Å². The Balaban J connectivity index is 0.0000122. The van der Waals surface area contributed by atoms with Crippen LogP contribution < -0.4 is 5.32 Å². The molecule has 3 N–H and O–H groups in total. The number of methoxy groups -OCH3 is 1. The first-order chi connectivity index (χ1) is 35.4. The summed E-state index contributed by atoms with van der Waals surface area (Å²) in [6.07, 6.45) is 16.2. The van der Waals surface area contributed by atoms with E-state index in [-0.39, 0.29) is 72.8 Å². The molecule has 13 heteroatoms. The fourth-order valence-electron chi connectivity index (χ4n) is 10.7. The Morgan fingerprint density at radius 3 is 2.05 bits per heavy atom. The van der Waals surface area contributed by atoms with E-state index in [0.29, 0.717) is 65.8 Å². The van der Waals surface area contributed by atoms with Gasteiger partial charge in [-0.2, -0.15) is 0 Å². The fourth-order valence-corrected chi connectivity index (χ4v) is 10.7. The first-order valence-electron chi connectivity index (χ1n) is 27.9. The van der Waals surface area contributed by atoms with E-state index in [1.807, 2.05) is 39.0 Å². The summed E-state index contributed by atoms with van der Waals surface area (Å²) in [5, 5.41) is 3.11. The maximum Gasteiger partial charge on any atom is 2.00 e. The number of aryl methyl sites for hydroxylation is 3. The number of rotatable bonds is 29. The van der Waals surface area contributed by atoms with Gasteiger partial charge >= 0.3 is 35.0 Å². The number of aromatic nitrogens is 4. The van der Waals surface area contributed by atoms with E-state index in [1.165, 1.54) is 57.6 Å². The first kappa shape index (κ1) is 63.0. The van der Waals surface area contributed by atoms with Gasteiger partial charge < -0.3 is 34.2 Å². The van der Waals surface area contributed by atoms with Gasteiger partial charge in [0.05, 0.1) is 36.2 Å². The topological polar surface area (TPSA) is 158 Å². The van der Waals surface area contributed by atoms with Crippen molar-refractivity contribution in [2.45, 2.75) is 191 Å². The number of hydrogen-bond donors (Lipinski definition) is 3. The van der Waals surface area contributed by atoms with Crippen LogP contribution in [0.3, 0.4) is 0 Å². The molecule has 75 heavy (non-hydrogen) atoms. The zero-order valence-corrected chi connectivity index (χ0v) is 49.7. The number of fused-ring (bicyclic) bond motifs is 8. The molecule has 0 aliphatic carbocycles. The van der Waals surface area contributed by atoms with Crippen LogP contribution in [0.1, 0.15) is 209 Å². The van der Waals surface area contributed by atoms with Crippen LogP contribution in [0.5, 0.6) is 0 Å². The number of allylic oxidation sites excluding steroid dienone is 2. The SMILES string of the molecule is C=Cc1c(C)c2cc3nc(c(CC(=O)OC)c4nc(cc5[nH]c(cc1[nH]2)c(C)c5CC)C(C)=C4C(=O)NCCC(OCC)OCC)C(CCC(=O)OCC=C(C)CCCC(C)CCCC(C)CCCC(C)C)C3C.[Mg+2]. The molecule has 3 aromatic rings. The van der Waals surface area contributed by atoms with E-state index in [4.69, 9.17) is 28.9 Å². The Bertz CT molecular complexity index is 2640. The molecule has 0 aromatic carbocycles. The molecule has 0 fully saturated rings. The van der Waals surface area contributed by atoms with Crippen LogP contribution in [0.25, 0.3) is 39.3 Å². The quantitative estimate of drug-likeness (QED) is 0.0266. The summed E-state index contributed by atoms with van der Waals surface area (Å²) in [6, 6.07) is 6.17. The fraction of sp³-hybridized carbons (Fsp3) is 0.597. The number of esters is 2. The molecule has 2 aliphatic rings. The van der Waals surface area contributed by atoms with Crippen molar-refractivity contribution in [1.29, 1.82) is 0 Å². The van der Waals surface area contributed by atoms with Crippen LogP contribution >= 0.6 is 0 Å². The zero-order valence-electron chi connectivity index (χ0n) is 48.2. The van der Waals surface area contributed by atoms with Gasteiger partial charge in [0.15, 0.2) is 6.29 Å². The van der Waals surface area contributed by atoms with Gasteiger partial charge in [-0.05, 0) is 132 Å². The number of carbonyl (C=O) groups is 3. The van der Waals surface area contributed by atoms with Gasteiger partial charge in [0.25, 0.3) is 5.91 Å². The third-order valence-electron chi connectivity index (χ3n) is 15.4. The van der Waals surface area contributed by atoms with E-state index >= 15 is 0 Å². The molecule has 0 saturated heterocycles. The third-order valence-corrected chi connectivity index (χ3v) is 15.4. The molecule has 4 atom stereocenters. The van der Waals surface area contributed by atoms with Gasteiger partial charge in [-0.1, -0.05) is 105 Å². The van der Waals surface area contributed by atoms with Crippen LogP contribution in [0, 0.1) is 31.6 Å². The molecule has 0 spiro atoms. The van der Waals surface area contributed by atoms with Crippen molar-refractivity contribution in [3.05, 3.63) is 87.0 Å². The van der Waals surface area contributed by atoms with E-state index in [1.54, 1.807) is 0 Å². The first-order valence-corrected chi connectivity index (χ1v) is 27.9. The predicted molar refractivity (Wildman–Crippen MR) is 308 cm³/mol. The minimum atomic E-state index is -0.503. The Morgan fingerprint density at radius 2 is 1.43 bits per heavy atom. The van der Waals surface area contributed by atoms with E-state index in [9.17, 15) is 14.4 Å². The van der Waals surface area contributed by atoms with Gasteiger partial charge in [0, 0.05) is 83.3 Å². The molecular weight excluding hydrogens is 951 g/mol. The molecule has 0 radical (unpaired) electrons. The summed E-state index contributed by atoms with van der Waals surface area (Å²) < 4.78 is 22.8. The maximum absolute atomic E-state index is 14.7. The molecule has 3 aromatic heterocycles. The summed E-state index contributed by atoms with van der Waals surface area (Å²) in [5.41, 5.74) is 12.8. The van der Waals surface area contributed by atoms with E-state index < -0.39 is 12.3 Å². The second-order valence-electron chi connectivity index (χ2n) is 21.4. The Hall–Kier alpha value is -4.56. The smallest absolute Gasteiger partial charge is 0.469 e. The van der Waals surface area contributed by atoms with Crippen LogP contribution in [0.15, 0.2) is 36.4 Å². The van der Waals surface area contributed by atoms with E-state index in [2.05, 4.69) is 96.3 Å². The zero-order chi connectivity index (χ0) is 54.1. The summed E-state index contributed by atoms with van der Waals surface area (Å²) in [5.74, 6) is 0.612. The van der Waals surface area contributed by atoms with Crippen molar-refractivity contribution in [2.24, 2.45) is 17.8 Å². The number of ether oxygens (including phenoxy) is 4. The molecule has 8 bridgehead atoms. The second kappa shape index (κ2) is 31.0. The van der Waals surface area contributed by atoms with Gasteiger partial charge in [-0.25, -0.2) is 4.98 Å². The van der Waals surface area contributed by atoms with Crippen molar-refractivity contribution < 1.29 is 33.3 Å². The third kappa shape index (κ3) is 17.5. The predicted octanol–water partition coefficient (Wildman–Crippen LogP) is 13.9. The van der Waals surface area contributed by atoms with Crippen molar-refractivity contribution in [3.8, 4) is 0 Å². The molecule has 2 aliphatic heterocycles. The van der Waals surface area contributed by atoms with Gasteiger partial charge in [0.1, 0.15) is 6.61 Å². The molecular formula is C62H91MgN5O7+2. The number of hydrogen-bond acceptors (Lipinski definition) is 9. The largest absolute Gasteiger partial charge is 2.00 e. The van der Waals surface area contributed by atoms with Crippen molar-refractivity contribution >= 4 is 80.2 Å². The van der Waals surface area contributed by atoms with Gasteiger partial charge in [-0.15, -0.1) is 0 Å². The van der Waals surface area contributed by atoms with Crippen molar-refractivity contribution in [1.82, 2.24) is 25.3 Å². The van der Waals surface area contributed by atoms with Crippen LogP contribution in [0.4, 0.5) is 0 Å². The Kier molecular flexibility index (Phi) is 26.0. The molecule has 5 rings (SSSR count). The van der Waals surface area contributed by atoms with E-state index in [0.717, 1.165) is 81.1 Å². The number of nitrogens with zero attached hydrogens (tertiary/aromatic N) is 2. The van der Waals surface area contributed by atoms with Crippen molar-refractivity contribution in [3.63, 3.8) is 0 Å². The number of carbonyl (C=O) groups excluding carboxylic acids is 3. The second-order valence-corrected chi connectivity index (χ2v) is 21.4. The molecule has 5 heterocycles. The summed E-state index contributed by atoms with van der Waals surface area (Å²) >= 11 is 0. The number of H-pyrrole nitrogens is 2.